The number of aryl methyl sites for hydroxylation is 1. The Morgan fingerprint density at radius 3 is 1.92 bits per heavy atom. The molecule has 0 N–H and O–H groups in total. The molecule has 0 aliphatic heterocycles. The Balaban J connectivity index is 2.26. The fraction of sp³-hybridized carbons (Fsp3) is 0.158. The van der Waals surface area contributed by atoms with Crippen molar-refractivity contribution >= 4 is 10.8 Å². The lowest BCUT2D eigenvalue weighted by atomic mass is 9.97. The number of fused-ring (bicyclic) bond motifs is 1. The highest BCUT2D eigenvalue weighted by molar-refractivity contribution is 5.88. The van der Waals surface area contributed by atoms with Crippen molar-refractivity contribution in [1.82, 2.24) is 0 Å². The summed E-state index contributed by atoms with van der Waals surface area (Å²) in [6.45, 7) is 1.85. The summed E-state index contributed by atoms with van der Waals surface area (Å²) in [7, 11) is 0. The minimum atomic E-state index is -1.81. The molecular formula is C19H12F6. The van der Waals surface area contributed by atoms with Gasteiger partial charge in [0.1, 0.15) is 17.5 Å². The summed E-state index contributed by atoms with van der Waals surface area (Å²) in [5.41, 5.74) is -0.291. The van der Waals surface area contributed by atoms with Crippen molar-refractivity contribution in [1.29, 1.82) is 0 Å². The molecule has 0 aliphatic rings. The van der Waals surface area contributed by atoms with Gasteiger partial charge >= 0.3 is 0 Å². The second-order valence-electron chi connectivity index (χ2n) is 5.73. The molecule has 0 saturated carbocycles. The molecule has 0 amide bonds. The van der Waals surface area contributed by atoms with Gasteiger partial charge < -0.3 is 0 Å². The van der Waals surface area contributed by atoms with E-state index in [1.165, 1.54) is 0 Å². The van der Waals surface area contributed by atoms with Crippen molar-refractivity contribution in [3.05, 3.63) is 70.8 Å². The Hall–Kier alpha value is -2.50. The SMILES string of the molecule is CCCc1cc(F)c(-c2cc(F)c3c(F)c(F)c(F)cc3c2)c(F)c1. The maximum absolute atomic E-state index is 14.3. The normalized spacial score (nSPS) is 11.3. The number of halogens is 6. The summed E-state index contributed by atoms with van der Waals surface area (Å²) in [6, 6.07) is 4.57. The highest BCUT2D eigenvalue weighted by Gasteiger charge is 2.20. The van der Waals surface area contributed by atoms with Gasteiger partial charge in [0.25, 0.3) is 0 Å². The van der Waals surface area contributed by atoms with Gasteiger partial charge in [0.15, 0.2) is 17.5 Å². The summed E-state index contributed by atoms with van der Waals surface area (Å²) in [4.78, 5) is 0. The number of rotatable bonds is 3. The van der Waals surface area contributed by atoms with E-state index in [-0.39, 0.29) is 10.9 Å². The molecule has 130 valence electrons. The Kier molecular flexibility index (Phi) is 4.45. The van der Waals surface area contributed by atoms with Gasteiger partial charge in [-0.1, -0.05) is 13.3 Å². The quantitative estimate of drug-likeness (QED) is 0.383. The standard InChI is InChI=1S/C19H12F6/c1-2-3-9-4-12(20)16(13(21)5-9)10-6-11-8-15(23)18(24)19(25)17(11)14(22)7-10/h4-8H,2-3H2,1H3. The minimum absolute atomic E-state index is 0.228. The van der Waals surface area contributed by atoms with Crippen molar-refractivity contribution in [3.8, 4) is 11.1 Å². The molecule has 0 nitrogen and oxygen atoms in total. The summed E-state index contributed by atoms with van der Waals surface area (Å²) in [5.74, 6) is -8.06. The molecule has 3 rings (SSSR count). The summed E-state index contributed by atoms with van der Waals surface area (Å²) < 4.78 is 83.2. The van der Waals surface area contributed by atoms with Gasteiger partial charge in [-0.05, 0) is 53.3 Å². The number of hydrogen-bond donors (Lipinski definition) is 0. The monoisotopic (exact) mass is 354 g/mol. The first-order chi connectivity index (χ1) is 11.8. The van der Waals surface area contributed by atoms with Gasteiger partial charge in [0.2, 0.25) is 0 Å². The van der Waals surface area contributed by atoms with Crippen LogP contribution < -0.4 is 0 Å². The van der Waals surface area contributed by atoms with Crippen LogP contribution in [0.15, 0.2) is 30.3 Å². The smallest absolute Gasteiger partial charge is 0.195 e. The Labute approximate surface area is 139 Å². The molecule has 6 heteroatoms. The molecule has 0 unspecified atom stereocenters. The molecule has 3 aromatic carbocycles. The Bertz CT molecular complexity index is 955. The predicted molar refractivity (Wildman–Crippen MR) is 83.1 cm³/mol. The molecule has 0 spiro atoms. The van der Waals surface area contributed by atoms with E-state index < -0.39 is 45.9 Å². The first kappa shape index (κ1) is 17.3. The number of benzene rings is 3. The van der Waals surface area contributed by atoms with Crippen molar-refractivity contribution in [2.45, 2.75) is 19.8 Å². The van der Waals surface area contributed by atoms with E-state index in [9.17, 15) is 26.3 Å². The van der Waals surface area contributed by atoms with E-state index >= 15 is 0 Å². The third kappa shape index (κ3) is 2.97. The van der Waals surface area contributed by atoms with E-state index in [1.807, 2.05) is 6.92 Å². The van der Waals surface area contributed by atoms with Crippen LogP contribution in [-0.2, 0) is 6.42 Å². The van der Waals surface area contributed by atoms with E-state index in [0.29, 0.717) is 30.5 Å². The van der Waals surface area contributed by atoms with Crippen LogP contribution in [0, 0.1) is 34.9 Å². The van der Waals surface area contributed by atoms with Crippen LogP contribution in [0.5, 0.6) is 0 Å². The second-order valence-corrected chi connectivity index (χ2v) is 5.73. The van der Waals surface area contributed by atoms with Gasteiger partial charge in [-0.25, -0.2) is 26.3 Å². The van der Waals surface area contributed by atoms with E-state index in [1.54, 1.807) is 0 Å². The van der Waals surface area contributed by atoms with Crippen LogP contribution >= 0.6 is 0 Å². The molecule has 0 aromatic heterocycles. The number of hydrogen-bond acceptors (Lipinski definition) is 0. The zero-order valence-electron chi connectivity index (χ0n) is 13.1. The van der Waals surface area contributed by atoms with Gasteiger partial charge in [0, 0.05) is 0 Å². The third-order valence-electron chi connectivity index (χ3n) is 3.95. The fourth-order valence-electron chi connectivity index (χ4n) is 2.87. The van der Waals surface area contributed by atoms with Crippen LogP contribution in [0.3, 0.4) is 0 Å². The average molecular weight is 354 g/mol. The Morgan fingerprint density at radius 2 is 1.32 bits per heavy atom. The van der Waals surface area contributed by atoms with Crippen LogP contribution in [0.1, 0.15) is 18.9 Å². The minimum Gasteiger partial charge on any atom is -0.206 e. The van der Waals surface area contributed by atoms with Gasteiger partial charge in [-0.2, -0.15) is 0 Å². The summed E-state index contributed by atoms with van der Waals surface area (Å²) >= 11 is 0. The molecular weight excluding hydrogens is 342 g/mol. The molecule has 0 bridgehead atoms. The lowest BCUT2D eigenvalue weighted by molar-refractivity contribution is 0.451. The zero-order chi connectivity index (χ0) is 18.3. The molecule has 0 aliphatic carbocycles. The summed E-state index contributed by atoms with van der Waals surface area (Å²) in [6.07, 6.45) is 1.16. The molecule has 0 fully saturated rings. The molecule has 0 saturated heterocycles. The fourth-order valence-corrected chi connectivity index (χ4v) is 2.87. The predicted octanol–water partition coefficient (Wildman–Crippen LogP) is 6.29. The molecule has 3 aromatic rings. The molecule has 0 radical (unpaired) electrons. The average Bonchev–Trinajstić information content (AvgIpc) is 2.52. The van der Waals surface area contributed by atoms with Gasteiger partial charge in [-0.15, -0.1) is 0 Å². The molecule has 0 atom stereocenters. The lowest BCUT2D eigenvalue weighted by Crippen LogP contribution is -1.98. The lowest BCUT2D eigenvalue weighted by Gasteiger charge is -2.11. The van der Waals surface area contributed by atoms with E-state index in [4.69, 9.17) is 0 Å². The molecule has 0 heterocycles. The summed E-state index contributed by atoms with van der Waals surface area (Å²) in [5, 5.41) is -1.10. The van der Waals surface area contributed by atoms with Crippen LogP contribution in [0.2, 0.25) is 0 Å². The highest BCUT2D eigenvalue weighted by Crippen LogP contribution is 2.33. The van der Waals surface area contributed by atoms with Crippen LogP contribution in [-0.4, -0.2) is 0 Å². The zero-order valence-corrected chi connectivity index (χ0v) is 13.1. The van der Waals surface area contributed by atoms with Crippen LogP contribution in [0.25, 0.3) is 21.9 Å². The maximum Gasteiger partial charge on any atom is 0.195 e. The molecule has 25 heavy (non-hydrogen) atoms. The van der Waals surface area contributed by atoms with E-state index in [2.05, 4.69) is 0 Å². The third-order valence-corrected chi connectivity index (χ3v) is 3.95. The van der Waals surface area contributed by atoms with Crippen molar-refractivity contribution in [2.75, 3.05) is 0 Å². The van der Waals surface area contributed by atoms with Crippen LogP contribution in [0.4, 0.5) is 26.3 Å². The van der Waals surface area contributed by atoms with Crippen molar-refractivity contribution < 1.29 is 26.3 Å². The second kappa shape index (κ2) is 6.43. The topological polar surface area (TPSA) is 0 Å². The largest absolute Gasteiger partial charge is 0.206 e. The highest BCUT2D eigenvalue weighted by atomic mass is 19.2. The Morgan fingerprint density at radius 1 is 0.680 bits per heavy atom. The first-order valence-corrected chi connectivity index (χ1v) is 7.58. The maximum atomic E-state index is 14.3. The van der Waals surface area contributed by atoms with Gasteiger partial charge in [-0.3, -0.25) is 0 Å². The van der Waals surface area contributed by atoms with Crippen molar-refractivity contribution in [3.63, 3.8) is 0 Å². The van der Waals surface area contributed by atoms with Gasteiger partial charge in [0.05, 0.1) is 10.9 Å². The van der Waals surface area contributed by atoms with Crippen molar-refractivity contribution in [2.24, 2.45) is 0 Å². The van der Waals surface area contributed by atoms with E-state index in [0.717, 1.165) is 18.2 Å². The first-order valence-electron chi connectivity index (χ1n) is 7.58.